The van der Waals surface area contributed by atoms with Gasteiger partial charge in [0.1, 0.15) is 0 Å². The Morgan fingerprint density at radius 2 is 2.10 bits per heavy atom. The van der Waals surface area contributed by atoms with Crippen LogP contribution in [0.3, 0.4) is 0 Å². The Morgan fingerprint density at radius 3 is 2.90 bits per heavy atom. The minimum absolute atomic E-state index is 0.0468. The first-order chi connectivity index (χ1) is 10.1. The topological polar surface area (TPSA) is 46.3 Å². The molecule has 4 heteroatoms. The van der Waals surface area contributed by atoms with E-state index in [4.69, 9.17) is 17.3 Å². The molecule has 108 valence electrons. The molecule has 3 nitrogen and oxygen atoms in total. The van der Waals surface area contributed by atoms with Gasteiger partial charge in [-0.15, -0.1) is 0 Å². The average Bonchev–Trinajstić information content (AvgIpc) is 2.48. The van der Waals surface area contributed by atoms with Crippen molar-refractivity contribution in [2.45, 2.75) is 19.8 Å². The lowest BCUT2D eigenvalue weighted by Gasteiger charge is -2.30. The van der Waals surface area contributed by atoms with Crippen molar-refractivity contribution in [2.24, 2.45) is 0 Å². The summed E-state index contributed by atoms with van der Waals surface area (Å²) in [4.78, 5) is 14.6. The number of amides is 1. The van der Waals surface area contributed by atoms with Gasteiger partial charge in [-0.25, -0.2) is 0 Å². The molecule has 3 rings (SSSR count). The molecular weight excluding hydrogens is 284 g/mol. The number of benzene rings is 2. The van der Waals surface area contributed by atoms with Crippen LogP contribution in [-0.2, 0) is 6.42 Å². The number of carbonyl (C=O) groups excluding carboxylic acids is 1. The molecule has 1 amide bonds. The fourth-order valence-corrected chi connectivity index (χ4v) is 2.99. The maximum atomic E-state index is 12.8. The summed E-state index contributed by atoms with van der Waals surface area (Å²) in [6.07, 6.45) is 1.89. The molecule has 2 aromatic rings. The molecule has 1 aliphatic rings. The molecule has 0 bridgehead atoms. The number of halogens is 1. The standard InChI is InChI=1S/C17H17ClN2O/c1-11-4-2-6-14(16(11)18)17(21)20-9-3-5-12-10-13(19)7-8-15(12)20/h2,4,6-8,10H,3,5,9,19H2,1H3. The highest BCUT2D eigenvalue weighted by Gasteiger charge is 2.25. The van der Waals surface area contributed by atoms with E-state index in [1.807, 2.05) is 37.3 Å². The summed E-state index contributed by atoms with van der Waals surface area (Å²) in [5, 5.41) is 0.532. The van der Waals surface area contributed by atoms with Gasteiger partial charge < -0.3 is 10.6 Å². The molecule has 0 saturated carbocycles. The number of nitrogens with zero attached hydrogens (tertiary/aromatic N) is 1. The van der Waals surface area contributed by atoms with Gasteiger partial charge >= 0.3 is 0 Å². The third-order valence-corrected chi connectivity index (χ3v) is 4.39. The number of rotatable bonds is 1. The minimum Gasteiger partial charge on any atom is -0.399 e. The molecule has 0 atom stereocenters. The highest BCUT2D eigenvalue weighted by atomic mass is 35.5. The maximum absolute atomic E-state index is 12.8. The number of aryl methyl sites for hydroxylation is 2. The number of fused-ring (bicyclic) bond motifs is 1. The van der Waals surface area contributed by atoms with Crippen LogP contribution in [0.1, 0.15) is 27.9 Å². The second kappa shape index (κ2) is 5.41. The Morgan fingerprint density at radius 1 is 1.29 bits per heavy atom. The Labute approximate surface area is 129 Å². The molecule has 0 spiro atoms. The molecule has 1 aliphatic heterocycles. The van der Waals surface area contributed by atoms with Gasteiger partial charge in [-0.2, -0.15) is 0 Å². The van der Waals surface area contributed by atoms with Gasteiger partial charge in [0, 0.05) is 17.9 Å². The number of nitrogens with two attached hydrogens (primary N) is 1. The lowest BCUT2D eigenvalue weighted by molar-refractivity contribution is 0.0985. The van der Waals surface area contributed by atoms with Crippen molar-refractivity contribution in [3.63, 3.8) is 0 Å². The number of anilines is 2. The van der Waals surface area contributed by atoms with E-state index in [1.54, 1.807) is 11.0 Å². The fourth-order valence-electron chi connectivity index (χ4n) is 2.79. The number of carbonyl (C=O) groups is 1. The van der Waals surface area contributed by atoms with Gasteiger partial charge in [-0.1, -0.05) is 23.7 Å². The van der Waals surface area contributed by atoms with E-state index in [1.165, 1.54) is 0 Å². The van der Waals surface area contributed by atoms with Gasteiger partial charge in [0.25, 0.3) is 5.91 Å². The lowest BCUT2D eigenvalue weighted by atomic mass is 10.00. The van der Waals surface area contributed by atoms with Crippen molar-refractivity contribution < 1.29 is 4.79 Å². The van der Waals surface area contributed by atoms with Crippen LogP contribution in [0.4, 0.5) is 11.4 Å². The summed E-state index contributed by atoms with van der Waals surface area (Å²) in [6, 6.07) is 11.3. The van der Waals surface area contributed by atoms with E-state index in [0.29, 0.717) is 17.1 Å². The third kappa shape index (κ3) is 2.49. The fraction of sp³-hybridized carbons (Fsp3) is 0.235. The summed E-state index contributed by atoms with van der Waals surface area (Å²) >= 11 is 6.29. The second-order valence-corrected chi connectivity index (χ2v) is 5.76. The van der Waals surface area contributed by atoms with E-state index in [-0.39, 0.29) is 5.91 Å². The van der Waals surface area contributed by atoms with Crippen LogP contribution in [0.2, 0.25) is 5.02 Å². The first-order valence-corrected chi connectivity index (χ1v) is 7.41. The summed E-state index contributed by atoms with van der Waals surface area (Å²) in [6.45, 7) is 2.62. The summed E-state index contributed by atoms with van der Waals surface area (Å²) in [5.74, 6) is -0.0468. The van der Waals surface area contributed by atoms with E-state index in [0.717, 1.165) is 35.3 Å². The first-order valence-electron chi connectivity index (χ1n) is 7.03. The van der Waals surface area contributed by atoms with Crippen LogP contribution in [-0.4, -0.2) is 12.5 Å². The van der Waals surface area contributed by atoms with Crippen LogP contribution < -0.4 is 10.6 Å². The largest absolute Gasteiger partial charge is 0.399 e. The van der Waals surface area contributed by atoms with Gasteiger partial charge in [0.2, 0.25) is 0 Å². The predicted molar refractivity (Wildman–Crippen MR) is 87.0 cm³/mol. The third-order valence-electron chi connectivity index (χ3n) is 3.89. The zero-order chi connectivity index (χ0) is 15.0. The van der Waals surface area contributed by atoms with Gasteiger partial charge in [0.05, 0.1) is 10.6 Å². The summed E-state index contributed by atoms with van der Waals surface area (Å²) < 4.78 is 0. The van der Waals surface area contributed by atoms with Crippen molar-refractivity contribution >= 4 is 28.9 Å². The molecule has 0 fully saturated rings. The SMILES string of the molecule is Cc1cccc(C(=O)N2CCCc3cc(N)ccc32)c1Cl. The van der Waals surface area contributed by atoms with E-state index in [9.17, 15) is 4.79 Å². The minimum atomic E-state index is -0.0468. The molecule has 2 aromatic carbocycles. The molecule has 0 aliphatic carbocycles. The Bertz CT molecular complexity index is 712. The lowest BCUT2D eigenvalue weighted by Crippen LogP contribution is -2.35. The average molecular weight is 301 g/mol. The first kappa shape index (κ1) is 14.0. The molecular formula is C17H17ClN2O. The Balaban J connectivity index is 2.02. The van der Waals surface area contributed by atoms with Crippen molar-refractivity contribution in [3.05, 3.63) is 58.1 Å². The smallest absolute Gasteiger partial charge is 0.259 e. The van der Waals surface area contributed by atoms with Gasteiger partial charge in [-0.05, 0) is 55.2 Å². The summed E-state index contributed by atoms with van der Waals surface area (Å²) in [5.41, 5.74) is 10.1. The van der Waals surface area contributed by atoms with E-state index in [2.05, 4.69) is 0 Å². The highest BCUT2D eigenvalue weighted by molar-refractivity contribution is 6.35. The van der Waals surface area contributed by atoms with Gasteiger partial charge in [-0.3, -0.25) is 4.79 Å². The normalized spacial score (nSPS) is 13.9. The molecule has 1 heterocycles. The van der Waals surface area contributed by atoms with Crippen LogP contribution in [0.15, 0.2) is 36.4 Å². The van der Waals surface area contributed by atoms with Gasteiger partial charge in [0.15, 0.2) is 0 Å². The quantitative estimate of drug-likeness (QED) is 0.814. The zero-order valence-corrected chi connectivity index (χ0v) is 12.7. The Hall–Kier alpha value is -2.00. The van der Waals surface area contributed by atoms with Crippen LogP contribution in [0, 0.1) is 6.92 Å². The van der Waals surface area contributed by atoms with E-state index >= 15 is 0 Å². The van der Waals surface area contributed by atoms with Crippen LogP contribution in [0.25, 0.3) is 0 Å². The van der Waals surface area contributed by atoms with Crippen molar-refractivity contribution in [3.8, 4) is 0 Å². The van der Waals surface area contributed by atoms with E-state index < -0.39 is 0 Å². The zero-order valence-electron chi connectivity index (χ0n) is 11.9. The second-order valence-electron chi connectivity index (χ2n) is 5.38. The van der Waals surface area contributed by atoms with Crippen LogP contribution in [0.5, 0.6) is 0 Å². The van der Waals surface area contributed by atoms with Crippen molar-refractivity contribution in [1.29, 1.82) is 0 Å². The predicted octanol–water partition coefficient (Wildman–Crippen LogP) is 3.82. The molecule has 2 N–H and O–H groups in total. The highest BCUT2D eigenvalue weighted by Crippen LogP contribution is 2.31. The molecule has 21 heavy (non-hydrogen) atoms. The molecule has 0 aromatic heterocycles. The number of nitrogen functional groups attached to an aromatic ring is 1. The monoisotopic (exact) mass is 300 g/mol. The van der Waals surface area contributed by atoms with Crippen LogP contribution >= 0.6 is 11.6 Å². The Kier molecular flexibility index (Phi) is 3.60. The number of hydrogen-bond acceptors (Lipinski definition) is 2. The molecule has 0 radical (unpaired) electrons. The molecule has 0 unspecified atom stereocenters. The number of hydrogen-bond donors (Lipinski definition) is 1. The van der Waals surface area contributed by atoms with Crippen molar-refractivity contribution in [2.75, 3.05) is 17.2 Å². The summed E-state index contributed by atoms with van der Waals surface area (Å²) in [7, 11) is 0. The molecule has 0 saturated heterocycles. The van der Waals surface area contributed by atoms with Crippen molar-refractivity contribution in [1.82, 2.24) is 0 Å². The maximum Gasteiger partial charge on any atom is 0.259 e.